The molecule has 9 heteroatoms. The van der Waals surface area contributed by atoms with Gasteiger partial charge in [0.25, 0.3) is 5.91 Å². The van der Waals surface area contributed by atoms with Gasteiger partial charge in [-0.3, -0.25) is 14.9 Å². The number of halogens is 4. The fourth-order valence-electron chi connectivity index (χ4n) is 2.12. The lowest BCUT2D eigenvalue weighted by Crippen LogP contribution is -2.14. The van der Waals surface area contributed by atoms with Gasteiger partial charge in [-0.2, -0.15) is 18.3 Å². The molecule has 0 fully saturated rings. The summed E-state index contributed by atoms with van der Waals surface area (Å²) >= 11 is 5.55. The Hall–Kier alpha value is -2.87. The molecule has 0 aliphatic carbocycles. The van der Waals surface area contributed by atoms with Crippen molar-refractivity contribution in [3.05, 3.63) is 65.1 Å². The first-order valence-electron chi connectivity index (χ1n) is 6.98. The number of carbonyl (C=O) groups excluding carboxylic acids is 1. The quantitative estimate of drug-likeness (QED) is 0.722. The number of hydrogen-bond donors (Lipinski definition) is 2. The smallest absolute Gasteiger partial charge is 0.321 e. The Morgan fingerprint density at radius 2 is 2.00 bits per heavy atom. The predicted molar refractivity (Wildman–Crippen MR) is 86.2 cm³/mol. The van der Waals surface area contributed by atoms with Gasteiger partial charge in [0.15, 0.2) is 0 Å². The Kier molecular flexibility index (Phi) is 4.45. The molecule has 0 aliphatic rings. The molecule has 0 unspecified atom stereocenters. The van der Waals surface area contributed by atoms with Crippen molar-refractivity contribution in [2.75, 3.05) is 5.32 Å². The summed E-state index contributed by atoms with van der Waals surface area (Å²) in [7, 11) is 0. The zero-order valence-electron chi connectivity index (χ0n) is 12.4. The molecule has 25 heavy (non-hydrogen) atoms. The first kappa shape index (κ1) is 17.0. The summed E-state index contributed by atoms with van der Waals surface area (Å²) in [4.78, 5) is 16.1. The number of nitrogens with one attached hydrogen (secondary N) is 2. The SMILES string of the molecule is O=C(Nc1ccc(Cl)c(C(F)(F)F)c1)c1cc(-c2cccnc2)n[nH]1. The van der Waals surface area contributed by atoms with E-state index in [2.05, 4.69) is 20.5 Å². The highest BCUT2D eigenvalue weighted by atomic mass is 35.5. The van der Waals surface area contributed by atoms with E-state index in [0.29, 0.717) is 11.3 Å². The van der Waals surface area contributed by atoms with Gasteiger partial charge in [0, 0.05) is 23.6 Å². The molecule has 2 N–H and O–H groups in total. The van der Waals surface area contributed by atoms with E-state index in [4.69, 9.17) is 11.6 Å². The molecule has 0 aliphatic heterocycles. The molecule has 0 atom stereocenters. The Labute approximate surface area is 144 Å². The monoisotopic (exact) mass is 366 g/mol. The third-order valence-corrected chi connectivity index (χ3v) is 3.64. The van der Waals surface area contributed by atoms with Crippen LogP contribution in [0.2, 0.25) is 5.02 Å². The molecular weight excluding hydrogens is 357 g/mol. The average Bonchev–Trinajstić information content (AvgIpc) is 3.06. The van der Waals surface area contributed by atoms with Crippen molar-refractivity contribution in [2.24, 2.45) is 0 Å². The van der Waals surface area contributed by atoms with E-state index < -0.39 is 22.7 Å². The number of aromatic nitrogens is 3. The maximum atomic E-state index is 12.9. The number of carbonyl (C=O) groups is 1. The number of aromatic amines is 1. The Bertz CT molecular complexity index is 909. The first-order valence-corrected chi connectivity index (χ1v) is 7.36. The van der Waals surface area contributed by atoms with Crippen LogP contribution in [0.4, 0.5) is 18.9 Å². The molecule has 3 rings (SSSR count). The lowest BCUT2D eigenvalue weighted by Gasteiger charge is -2.11. The molecule has 1 amide bonds. The molecule has 2 heterocycles. The summed E-state index contributed by atoms with van der Waals surface area (Å²) in [5.74, 6) is -0.627. The lowest BCUT2D eigenvalue weighted by atomic mass is 10.2. The summed E-state index contributed by atoms with van der Waals surface area (Å²) in [5.41, 5.74) is 0.239. The van der Waals surface area contributed by atoms with E-state index in [1.54, 1.807) is 24.5 Å². The van der Waals surface area contributed by atoms with Crippen LogP contribution in [0.3, 0.4) is 0 Å². The predicted octanol–water partition coefficient (Wildman–Crippen LogP) is 4.40. The number of H-pyrrole nitrogens is 1. The summed E-state index contributed by atoms with van der Waals surface area (Å²) in [6.07, 6.45) is -1.44. The topological polar surface area (TPSA) is 70.7 Å². The van der Waals surface area contributed by atoms with Crippen molar-refractivity contribution in [1.29, 1.82) is 0 Å². The number of pyridine rings is 1. The Morgan fingerprint density at radius 3 is 2.68 bits per heavy atom. The third-order valence-electron chi connectivity index (χ3n) is 3.31. The minimum absolute atomic E-state index is 0.0285. The minimum Gasteiger partial charge on any atom is -0.321 e. The van der Waals surface area contributed by atoms with Crippen molar-refractivity contribution >= 4 is 23.2 Å². The maximum absolute atomic E-state index is 12.9. The van der Waals surface area contributed by atoms with Crippen LogP contribution in [0.25, 0.3) is 11.3 Å². The number of hydrogen-bond acceptors (Lipinski definition) is 3. The van der Waals surface area contributed by atoms with Crippen LogP contribution in [0.15, 0.2) is 48.8 Å². The van der Waals surface area contributed by atoms with Gasteiger partial charge in [-0.1, -0.05) is 11.6 Å². The largest absolute Gasteiger partial charge is 0.417 e. The molecule has 3 aromatic rings. The lowest BCUT2D eigenvalue weighted by molar-refractivity contribution is -0.137. The molecule has 0 saturated heterocycles. The van der Waals surface area contributed by atoms with Gasteiger partial charge in [-0.15, -0.1) is 0 Å². The van der Waals surface area contributed by atoms with Crippen molar-refractivity contribution < 1.29 is 18.0 Å². The first-order chi connectivity index (χ1) is 11.8. The van der Waals surface area contributed by atoms with Gasteiger partial charge in [0.05, 0.1) is 16.3 Å². The van der Waals surface area contributed by atoms with E-state index in [1.165, 1.54) is 12.1 Å². The fourth-order valence-corrected chi connectivity index (χ4v) is 2.34. The fraction of sp³-hybridized carbons (Fsp3) is 0.0625. The van der Waals surface area contributed by atoms with Crippen LogP contribution in [0.1, 0.15) is 16.1 Å². The second-order valence-corrected chi connectivity index (χ2v) is 5.46. The zero-order chi connectivity index (χ0) is 18.0. The molecular formula is C16H10ClF3N4O. The number of anilines is 1. The average molecular weight is 367 g/mol. The zero-order valence-corrected chi connectivity index (χ0v) is 13.2. The van der Waals surface area contributed by atoms with Crippen LogP contribution in [-0.4, -0.2) is 21.1 Å². The molecule has 0 spiro atoms. The van der Waals surface area contributed by atoms with Gasteiger partial charge < -0.3 is 5.32 Å². The molecule has 1 aromatic carbocycles. The normalized spacial score (nSPS) is 11.4. The number of amides is 1. The standard InChI is InChI=1S/C16H10ClF3N4O/c17-12-4-3-10(6-11(12)16(18,19)20)22-15(25)14-7-13(23-24-14)9-2-1-5-21-8-9/h1-8H,(H,22,25)(H,23,24). The van der Waals surface area contributed by atoms with Crippen LogP contribution < -0.4 is 5.32 Å². The van der Waals surface area contributed by atoms with E-state index in [0.717, 1.165) is 12.1 Å². The molecule has 2 aromatic heterocycles. The summed E-state index contributed by atoms with van der Waals surface area (Å²) in [6.45, 7) is 0. The van der Waals surface area contributed by atoms with E-state index in [1.807, 2.05) is 0 Å². The van der Waals surface area contributed by atoms with E-state index in [-0.39, 0.29) is 11.4 Å². The minimum atomic E-state index is -4.61. The highest BCUT2D eigenvalue weighted by molar-refractivity contribution is 6.31. The van der Waals surface area contributed by atoms with Crippen LogP contribution in [0, 0.1) is 0 Å². The van der Waals surface area contributed by atoms with Gasteiger partial charge in [-0.25, -0.2) is 0 Å². The molecule has 0 saturated carbocycles. The second-order valence-electron chi connectivity index (χ2n) is 5.06. The summed E-state index contributed by atoms with van der Waals surface area (Å²) in [6, 6.07) is 8.10. The number of alkyl halides is 3. The summed E-state index contributed by atoms with van der Waals surface area (Å²) < 4.78 is 38.6. The van der Waals surface area contributed by atoms with Gasteiger partial charge in [0.1, 0.15) is 5.69 Å². The van der Waals surface area contributed by atoms with Crippen molar-refractivity contribution in [2.45, 2.75) is 6.18 Å². The van der Waals surface area contributed by atoms with Crippen LogP contribution >= 0.6 is 11.6 Å². The van der Waals surface area contributed by atoms with Crippen molar-refractivity contribution in [1.82, 2.24) is 15.2 Å². The number of rotatable bonds is 3. The van der Waals surface area contributed by atoms with Gasteiger partial charge >= 0.3 is 6.18 Å². The summed E-state index contributed by atoms with van der Waals surface area (Å²) in [5, 5.41) is 8.47. The van der Waals surface area contributed by atoms with Gasteiger partial charge in [0.2, 0.25) is 0 Å². The highest BCUT2D eigenvalue weighted by Crippen LogP contribution is 2.36. The van der Waals surface area contributed by atoms with Crippen molar-refractivity contribution in [3.63, 3.8) is 0 Å². The highest BCUT2D eigenvalue weighted by Gasteiger charge is 2.33. The Balaban J connectivity index is 1.81. The molecule has 0 radical (unpaired) electrons. The van der Waals surface area contributed by atoms with Crippen molar-refractivity contribution in [3.8, 4) is 11.3 Å². The number of nitrogens with zero attached hydrogens (tertiary/aromatic N) is 2. The molecule has 0 bridgehead atoms. The molecule has 5 nitrogen and oxygen atoms in total. The number of benzene rings is 1. The van der Waals surface area contributed by atoms with Crippen LogP contribution in [0.5, 0.6) is 0 Å². The van der Waals surface area contributed by atoms with Crippen LogP contribution in [-0.2, 0) is 6.18 Å². The molecule has 128 valence electrons. The Morgan fingerprint density at radius 1 is 1.20 bits per heavy atom. The van der Waals surface area contributed by atoms with E-state index in [9.17, 15) is 18.0 Å². The second kappa shape index (κ2) is 6.56. The van der Waals surface area contributed by atoms with E-state index >= 15 is 0 Å². The maximum Gasteiger partial charge on any atom is 0.417 e. The third kappa shape index (κ3) is 3.80. The van der Waals surface area contributed by atoms with Gasteiger partial charge in [-0.05, 0) is 36.4 Å².